The second-order valence-electron chi connectivity index (χ2n) is 5.09. The van der Waals surface area contributed by atoms with Gasteiger partial charge in [-0.25, -0.2) is 4.98 Å². The van der Waals surface area contributed by atoms with Crippen molar-refractivity contribution in [3.8, 4) is 0 Å². The molecule has 1 aliphatic rings. The summed E-state index contributed by atoms with van der Waals surface area (Å²) in [4.78, 5) is 7.09. The Morgan fingerprint density at radius 2 is 1.90 bits per heavy atom. The van der Waals surface area contributed by atoms with Crippen molar-refractivity contribution in [3.63, 3.8) is 0 Å². The molecule has 0 aliphatic carbocycles. The van der Waals surface area contributed by atoms with Crippen LogP contribution in [0.1, 0.15) is 11.4 Å². The number of pyridine rings is 1. The normalized spacial score (nSPS) is 14.6. The summed E-state index contributed by atoms with van der Waals surface area (Å²) in [6.07, 6.45) is 2.93. The third-order valence-electron chi connectivity index (χ3n) is 3.84. The van der Waals surface area contributed by atoms with Crippen LogP contribution in [0, 0.1) is 0 Å². The van der Waals surface area contributed by atoms with E-state index in [1.807, 2.05) is 24.4 Å². The minimum atomic E-state index is 0.745. The highest BCUT2D eigenvalue weighted by atomic mass is 35.5. The Morgan fingerprint density at radius 1 is 1.05 bits per heavy atom. The van der Waals surface area contributed by atoms with Gasteiger partial charge in [-0.1, -0.05) is 29.8 Å². The van der Waals surface area contributed by atoms with Crippen LogP contribution < -0.4 is 4.90 Å². The Hall–Kier alpha value is -2.00. The summed E-state index contributed by atoms with van der Waals surface area (Å²) in [5.74, 6) is 0. The predicted octanol–water partition coefficient (Wildman–Crippen LogP) is 3.55. The Labute approximate surface area is 122 Å². The van der Waals surface area contributed by atoms with Gasteiger partial charge in [-0.3, -0.25) is 0 Å². The average molecular weight is 284 g/mol. The lowest BCUT2D eigenvalue weighted by Crippen LogP contribution is -2.30. The van der Waals surface area contributed by atoms with Crippen LogP contribution in [0.4, 0.5) is 5.69 Å². The van der Waals surface area contributed by atoms with Gasteiger partial charge in [-0.2, -0.15) is 0 Å². The molecule has 0 N–H and O–H groups in total. The van der Waals surface area contributed by atoms with Gasteiger partial charge in [0.15, 0.2) is 0 Å². The molecule has 0 bridgehead atoms. The zero-order valence-corrected chi connectivity index (χ0v) is 11.7. The van der Waals surface area contributed by atoms with Crippen LogP contribution >= 0.6 is 11.6 Å². The first-order valence-electron chi connectivity index (χ1n) is 6.76. The summed E-state index contributed by atoms with van der Waals surface area (Å²) in [6, 6.07) is 14.4. The van der Waals surface area contributed by atoms with Gasteiger partial charge >= 0.3 is 0 Å². The Bertz CT molecular complexity index is 764. The number of hydrogen-bond acceptors (Lipinski definition) is 2. The van der Waals surface area contributed by atoms with E-state index in [0.717, 1.165) is 30.2 Å². The molecular weight excluding hydrogens is 270 g/mol. The lowest BCUT2D eigenvalue weighted by atomic mass is 10.1. The Morgan fingerprint density at radius 3 is 2.75 bits per heavy atom. The maximum atomic E-state index is 6.11. The van der Waals surface area contributed by atoms with E-state index in [0.29, 0.717) is 0 Å². The topological polar surface area (TPSA) is 20.5 Å². The van der Waals surface area contributed by atoms with Crippen molar-refractivity contribution < 1.29 is 0 Å². The summed E-state index contributed by atoms with van der Waals surface area (Å²) < 4.78 is 2.12. The molecule has 1 aliphatic heterocycles. The molecule has 4 rings (SSSR count). The molecule has 0 atom stereocenters. The number of fused-ring (bicyclic) bond motifs is 3. The van der Waals surface area contributed by atoms with Crippen molar-refractivity contribution in [2.24, 2.45) is 0 Å². The smallest absolute Gasteiger partial charge is 0.137 e. The van der Waals surface area contributed by atoms with Gasteiger partial charge in [0, 0.05) is 24.8 Å². The number of hydrogen-bond donors (Lipinski definition) is 0. The first-order valence-corrected chi connectivity index (χ1v) is 7.14. The SMILES string of the molecule is Clc1ccc2nc3c(n2c1)CN(c1ccccc1)CC3. The van der Waals surface area contributed by atoms with Gasteiger partial charge in [0.1, 0.15) is 5.65 Å². The maximum absolute atomic E-state index is 6.11. The number of rotatable bonds is 1. The van der Waals surface area contributed by atoms with Crippen molar-refractivity contribution in [1.82, 2.24) is 9.38 Å². The van der Waals surface area contributed by atoms with Gasteiger partial charge in [0.2, 0.25) is 0 Å². The maximum Gasteiger partial charge on any atom is 0.137 e. The minimum Gasteiger partial charge on any atom is -0.365 e. The van der Waals surface area contributed by atoms with Crippen LogP contribution in [0.25, 0.3) is 5.65 Å². The monoisotopic (exact) mass is 283 g/mol. The van der Waals surface area contributed by atoms with Crippen molar-refractivity contribution in [3.05, 3.63) is 65.1 Å². The molecule has 100 valence electrons. The molecule has 0 amide bonds. The molecule has 0 spiro atoms. The molecule has 3 aromatic rings. The molecule has 20 heavy (non-hydrogen) atoms. The minimum absolute atomic E-state index is 0.745. The summed E-state index contributed by atoms with van der Waals surface area (Å²) in [5.41, 5.74) is 4.68. The molecule has 4 heteroatoms. The fourth-order valence-corrected chi connectivity index (χ4v) is 3.00. The third-order valence-corrected chi connectivity index (χ3v) is 4.07. The number of nitrogens with zero attached hydrogens (tertiary/aromatic N) is 3. The third kappa shape index (κ3) is 1.86. The largest absolute Gasteiger partial charge is 0.365 e. The first-order chi connectivity index (χ1) is 9.81. The molecular formula is C16H14ClN3. The van der Waals surface area contributed by atoms with E-state index in [-0.39, 0.29) is 0 Å². The second-order valence-corrected chi connectivity index (χ2v) is 5.52. The number of anilines is 1. The van der Waals surface area contributed by atoms with Crippen LogP contribution in [0.2, 0.25) is 5.02 Å². The highest BCUT2D eigenvalue weighted by Gasteiger charge is 2.21. The van der Waals surface area contributed by atoms with Crippen LogP contribution in [0.15, 0.2) is 48.7 Å². The van der Waals surface area contributed by atoms with Gasteiger partial charge < -0.3 is 9.30 Å². The lowest BCUT2D eigenvalue weighted by molar-refractivity contribution is 0.702. The molecule has 0 fully saturated rings. The lowest BCUT2D eigenvalue weighted by Gasteiger charge is -2.28. The van der Waals surface area contributed by atoms with Crippen molar-refractivity contribution in [2.45, 2.75) is 13.0 Å². The first kappa shape index (κ1) is 11.8. The number of aromatic nitrogens is 2. The number of halogens is 1. The zero-order chi connectivity index (χ0) is 13.5. The molecule has 0 saturated carbocycles. The molecule has 3 heterocycles. The van der Waals surface area contributed by atoms with Crippen LogP contribution in [0.3, 0.4) is 0 Å². The number of para-hydroxylation sites is 1. The quantitative estimate of drug-likeness (QED) is 0.681. The van der Waals surface area contributed by atoms with Crippen molar-refractivity contribution >= 4 is 22.9 Å². The van der Waals surface area contributed by atoms with Crippen molar-refractivity contribution in [2.75, 3.05) is 11.4 Å². The molecule has 0 unspecified atom stereocenters. The fourth-order valence-electron chi connectivity index (χ4n) is 2.84. The summed E-state index contributed by atoms with van der Waals surface area (Å²) in [6.45, 7) is 1.88. The van der Waals surface area contributed by atoms with E-state index in [4.69, 9.17) is 16.6 Å². The summed E-state index contributed by atoms with van der Waals surface area (Å²) >= 11 is 6.11. The van der Waals surface area contributed by atoms with E-state index in [9.17, 15) is 0 Å². The Kier molecular flexibility index (Phi) is 2.67. The van der Waals surface area contributed by atoms with E-state index in [1.165, 1.54) is 17.1 Å². The fraction of sp³-hybridized carbons (Fsp3) is 0.188. The van der Waals surface area contributed by atoms with Gasteiger partial charge in [-0.05, 0) is 24.3 Å². The van der Waals surface area contributed by atoms with Gasteiger partial charge in [0.05, 0.1) is 23.0 Å². The van der Waals surface area contributed by atoms with Crippen LogP contribution in [0.5, 0.6) is 0 Å². The summed E-state index contributed by atoms with van der Waals surface area (Å²) in [5, 5.41) is 0.745. The molecule has 1 aromatic carbocycles. The molecule has 0 radical (unpaired) electrons. The van der Waals surface area contributed by atoms with E-state index < -0.39 is 0 Å². The highest BCUT2D eigenvalue weighted by molar-refractivity contribution is 6.30. The number of imidazole rings is 1. The Balaban J connectivity index is 1.78. The van der Waals surface area contributed by atoms with E-state index in [1.54, 1.807) is 0 Å². The second kappa shape index (κ2) is 4.53. The predicted molar refractivity (Wildman–Crippen MR) is 81.4 cm³/mol. The van der Waals surface area contributed by atoms with Crippen LogP contribution in [-0.2, 0) is 13.0 Å². The standard InChI is InChI=1S/C16H14ClN3/c17-12-6-7-16-18-14-8-9-19(11-15(14)20(16)10-12)13-4-2-1-3-5-13/h1-7,10H,8-9,11H2. The highest BCUT2D eigenvalue weighted by Crippen LogP contribution is 2.25. The zero-order valence-electron chi connectivity index (χ0n) is 11.0. The molecule has 3 nitrogen and oxygen atoms in total. The van der Waals surface area contributed by atoms with Crippen LogP contribution in [-0.4, -0.2) is 15.9 Å². The van der Waals surface area contributed by atoms with E-state index >= 15 is 0 Å². The number of benzene rings is 1. The van der Waals surface area contributed by atoms with Gasteiger partial charge in [-0.15, -0.1) is 0 Å². The van der Waals surface area contributed by atoms with E-state index in [2.05, 4.69) is 33.6 Å². The molecule has 0 saturated heterocycles. The molecule has 2 aromatic heterocycles. The van der Waals surface area contributed by atoms with Crippen molar-refractivity contribution in [1.29, 1.82) is 0 Å². The average Bonchev–Trinajstić information content (AvgIpc) is 2.85. The summed E-state index contributed by atoms with van der Waals surface area (Å²) in [7, 11) is 0. The van der Waals surface area contributed by atoms with Gasteiger partial charge in [0.25, 0.3) is 0 Å².